The van der Waals surface area contributed by atoms with Gasteiger partial charge in [-0.15, -0.1) is 0 Å². The Labute approximate surface area is 64.8 Å². The van der Waals surface area contributed by atoms with Gasteiger partial charge in [-0.25, -0.2) is 0 Å². The zero-order valence-corrected chi connectivity index (χ0v) is 7.69. The average molecular weight is 187 g/mol. The van der Waals surface area contributed by atoms with Gasteiger partial charge in [0.05, 0.1) is 0 Å². The molecule has 1 atom stereocenters. The first kappa shape index (κ1) is 7.03. The second kappa shape index (κ2) is 3.18. The third kappa shape index (κ3) is 1.45. The molecule has 0 aromatic rings. The number of ketones is 1. The SMILES string of the molecule is O=C1CCC[CH]1[Mg][Br]. The van der Waals surface area contributed by atoms with E-state index in [0.29, 0.717) is 9.83 Å². The van der Waals surface area contributed by atoms with Crippen molar-refractivity contribution in [2.45, 2.75) is 23.3 Å². The molecule has 1 unspecified atom stereocenters. The van der Waals surface area contributed by atoms with Crippen LogP contribution in [0.4, 0.5) is 0 Å². The highest BCUT2D eigenvalue weighted by Gasteiger charge is 2.23. The van der Waals surface area contributed by atoms with E-state index >= 15 is 0 Å². The Bertz CT molecular complexity index is 105. The molecule has 8 heavy (non-hydrogen) atoms. The van der Waals surface area contributed by atoms with Crippen LogP contribution in [-0.2, 0) is 4.79 Å². The monoisotopic (exact) mass is 186 g/mol. The molecule has 0 radical (unpaired) electrons. The smallest absolute Gasteiger partial charge is 0.306 e. The third-order valence-electron chi connectivity index (χ3n) is 1.62. The molecular formula is C5H7BrMgO. The van der Waals surface area contributed by atoms with Gasteiger partial charge in [0.1, 0.15) is 5.78 Å². The largest absolute Gasteiger partial charge is 0.481 e. The Balaban J connectivity index is 2.42. The summed E-state index contributed by atoms with van der Waals surface area (Å²) in [4.78, 5) is 10.8. The van der Waals surface area contributed by atoms with Crippen LogP contribution in [0, 0.1) is 0 Å². The van der Waals surface area contributed by atoms with Gasteiger partial charge >= 0.3 is 18.2 Å². The summed E-state index contributed by atoms with van der Waals surface area (Å²) in [5.41, 5.74) is 0. The summed E-state index contributed by atoms with van der Waals surface area (Å²) in [6.07, 6.45) is 3.15. The molecule has 42 valence electrons. The maximum atomic E-state index is 10.8. The van der Waals surface area contributed by atoms with Crippen molar-refractivity contribution in [3.8, 4) is 0 Å². The van der Waals surface area contributed by atoms with E-state index in [1.165, 1.54) is 0 Å². The molecule has 1 aliphatic rings. The summed E-state index contributed by atoms with van der Waals surface area (Å²) in [7, 11) is 0. The molecule has 0 saturated heterocycles. The second-order valence-electron chi connectivity index (χ2n) is 2.21. The average Bonchev–Trinajstić information content (AvgIpc) is 2.14. The lowest BCUT2D eigenvalue weighted by molar-refractivity contribution is -0.117. The molecule has 0 bridgehead atoms. The molecule has 0 spiro atoms. The van der Waals surface area contributed by atoms with Crippen molar-refractivity contribution in [3.63, 3.8) is 0 Å². The van der Waals surface area contributed by atoms with Crippen molar-refractivity contribution in [3.05, 3.63) is 0 Å². The maximum absolute atomic E-state index is 10.8. The van der Waals surface area contributed by atoms with E-state index in [0.717, 1.165) is 19.3 Å². The lowest BCUT2D eigenvalue weighted by Gasteiger charge is -1.95. The van der Waals surface area contributed by atoms with E-state index in [4.69, 9.17) is 0 Å². The van der Waals surface area contributed by atoms with Crippen LogP contribution in [0.5, 0.6) is 0 Å². The highest BCUT2D eigenvalue weighted by atomic mass is 79.9. The molecule has 0 aromatic carbocycles. The summed E-state index contributed by atoms with van der Waals surface area (Å²) in [6, 6.07) is 0. The topological polar surface area (TPSA) is 17.1 Å². The van der Waals surface area contributed by atoms with Crippen LogP contribution in [0.3, 0.4) is 0 Å². The molecule has 1 fully saturated rings. The van der Waals surface area contributed by atoms with Gasteiger partial charge in [-0.05, 0) is 6.42 Å². The van der Waals surface area contributed by atoms with Gasteiger partial charge in [-0.1, -0.05) is 10.5 Å². The minimum atomic E-state index is -0.194. The summed E-state index contributed by atoms with van der Waals surface area (Å²) in [6.45, 7) is 0. The molecule has 1 saturated carbocycles. The van der Waals surface area contributed by atoms with Gasteiger partial charge in [-0.3, -0.25) is 0 Å². The predicted octanol–water partition coefficient (Wildman–Crippen LogP) is 1.54. The molecular weight excluding hydrogens is 180 g/mol. The van der Waals surface area contributed by atoms with Gasteiger partial charge in [-0.2, -0.15) is 0 Å². The van der Waals surface area contributed by atoms with Crippen molar-refractivity contribution in [2.24, 2.45) is 0 Å². The molecule has 1 nitrogen and oxygen atoms in total. The summed E-state index contributed by atoms with van der Waals surface area (Å²) < 4.78 is 0.481. The van der Waals surface area contributed by atoms with Gasteiger partial charge in [0, 0.05) is 6.42 Å². The van der Waals surface area contributed by atoms with E-state index in [2.05, 4.69) is 12.9 Å². The number of carbonyl (C=O) groups is 1. The molecule has 0 amide bonds. The van der Waals surface area contributed by atoms with Crippen molar-refractivity contribution in [1.29, 1.82) is 0 Å². The van der Waals surface area contributed by atoms with E-state index < -0.39 is 0 Å². The Hall–Kier alpha value is 0.916. The Morgan fingerprint density at radius 1 is 1.75 bits per heavy atom. The third-order valence-corrected chi connectivity index (χ3v) is 5.20. The summed E-state index contributed by atoms with van der Waals surface area (Å²) in [5.74, 6) is 0.508. The molecule has 3 heteroatoms. The van der Waals surface area contributed by atoms with E-state index in [-0.39, 0.29) is 18.2 Å². The lowest BCUT2D eigenvalue weighted by atomic mass is 10.3. The fourth-order valence-electron chi connectivity index (χ4n) is 1.05. The first-order valence-corrected chi connectivity index (χ1v) is 7.65. The fraction of sp³-hybridized carbons (Fsp3) is 0.800. The van der Waals surface area contributed by atoms with Crippen molar-refractivity contribution in [2.75, 3.05) is 0 Å². The van der Waals surface area contributed by atoms with E-state index in [1.807, 2.05) is 0 Å². The van der Waals surface area contributed by atoms with E-state index in [9.17, 15) is 4.79 Å². The number of hydrogen-bond acceptors (Lipinski definition) is 1. The van der Waals surface area contributed by atoms with Crippen molar-refractivity contribution in [1.82, 2.24) is 0 Å². The van der Waals surface area contributed by atoms with Crippen LogP contribution in [0.15, 0.2) is 0 Å². The zero-order chi connectivity index (χ0) is 5.98. The van der Waals surface area contributed by atoms with Crippen LogP contribution in [-0.4, -0.2) is 24.0 Å². The number of rotatable bonds is 1. The zero-order valence-electron chi connectivity index (χ0n) is 4.69. The maximum Gasteiger partial charge on any atom is 0.481 e. The first-order chi connectivity index (χ1) is 3.84. The van der Waals surface area contributed by atoms with Crippen molar-refractivity contribution < 1.29 is 4.79 Å². The van der Waals surface area contributed by atoms with Crippen LogP contribution in [0.25, 0.3) is 0 Å². The Morgan fingerprint density at radius 2 is 2.50 bits per heavy atom. The Kier molecular flexibility index (Phi) is 2.79. The van der Waals surface area contributed by atoms with E-state index in [1.54, 1.807) is 0 Å². The minimum Gasteiger partial charge on any atom is -0.306 e. The quantitative estimate of drug-likeness (QED) is 0.569. The first-order valence-electron chi connectivity index (χ1n) is 2.93. The van der Waals surface area contributed by atoms with Gasteiger partial charge < -0.3 is 17.7 Å². The molecule has 0 aromatic heterocycles. The number of Topliss-reactive ketones (excluding diaryl/α,β-unsaturated/α-hetero) is 1. The molecule has 0 heterocycles. The number of halogens is 1. The van der Waals surface area contributed by atoms with Crippen molar-refractivity contribution >= 4 is 36.9 Å². The molecule has 1 aliphatic carbocycles. The van der Waals surface area contributed by atoms with Crippen LogP contribution in [0.2, 0.25) is 4.05 Å². The Morgan fingerprint density at radius 3 is 2.75 bits per heavy atom. The van der Waals surface area contributed by atoms with Crippen LogP contribution >= 0.6 is 12.9 Å². The fourth-order valence-corrected chi connectivity index (χ4v) is 3.92. The molecule has 1 rings (SSSR count). The number of hydrogen-bond donors (Lipinski definition) is 0. The van der Waals surface area contributed by atoms with Gasteiger partial charge in [0.25, 0.3) is 0 Å². The summed E-state index contributed by atoms with van der Waals surface area (Å²) >= 11 is 3.24. The lowest BCUT2D eigenvalue weighted by Crippen LogP contribution is -2.02. The second-order valence-corrected chi connectivity index (χ2v) is 5.45. The number of carbonyl (C=O) groups excluding carboxylic acids is 1. The standard InChI is InChI=1S/C5H7O.BrH.Mg/c6-5-3-1-2-4-5;;/h3H,1-2,4H2;1H;/q;;+1/p-1. The summed E-state index contributed by atoms with van der Waals surface area (Å²) in [5, 5.41) is 0. The highest BCUT2D eigenvalue weighted by molar-refractivity contribution is 9.23. The predicted molar refractivity (Wildman–Crippen MR) is 37.3 cm³/mol. The highest BCUT2D eigenvalue weighted by Crippen LogP contribution is 2.26. The van der Waals surface area contributed by atoms with Crippen LogP contribution in [0.1, 0.15) is 19.3 Å². The molecule has 0 aliphatic heterocycles. The van der Waals surface area contributed by atoms with Crippen LogP contribution < -0.4 is 0 Å². The van der Waals surface area contributed by atoms with Gasteiger partial charge in [0.2, 0.25) is 0 Å². The minimum absolute atomic E-state index is 0.194. The normalized spacial score (nSPS) is 28.1. The molecule has 0 N–H and O–H groups in total. The van der Waals surface area contributed by atoms with Gasteiger partial charge in [0.15, 0.2) is 0 Å².